The van der Waals surface area contributed by atoms with Gasteiger partial charge in [-0.25, -0.2) is 0 Å². The van der Waals surface area contributed by atoms with Crippen LogP contribution in [0.3, 0.4) is 0 Å². The van der Waals surface area contributed by atoms with Gasteiger partial charge < -0.3 is 14.9 Å². The summed E-state index contributed by atoms with van der Waals surface area (Å²) in [5.74, 6) is 0.869. The van der Waals surface area contributed by atoms with Crippen molar-refractivity contribution in [1.29, 1.82) is 0 Å². The first-order chi connectivity index (χ1) is 6.25. The van der Waals surface area contributed by atoms with E-state index in [1.165, 1.54) is 0 Å². The second-order valence-electron chi connectivity index (χ2n) is 3.06. The van der Waals surface area contributed by atoms with Crippen LogP contribution in [0.15, 0.2) is 4.52 Å². The van der Waals surface area contributed by atoms with E-state index in [0.29, 0.717) is 0 Å². The van der Waals surface area contributed by atoms with E-state index in [1.807, 2.05) is 13.8 Å². The largest absolute Gasteiger partial charge is 0.396 e. The lowest BCUT2D eigenvalue weighted by molar-refractivity contribution is 0.286. The second-order valence-corrected chi connectivity index (χ2v) is 3.06. The Morgan fingerprint density at radius 2 is 2.23 bits per heavy atom. The molecule has 0 unspecified atom stereocenters. The molecule has 1 aromatic rings. The zero-order valence-electron chi connectivity index (χ0n) is 8.13. The van der Waals surface area contributed by atoms with Gasteiger partial charge in [-0.15, -0.1) is 0 Å². The molecule has 13 heavy (non-hydrogen) atoms. The maximum Gasteiger partial charge on any atom is 0.138 e. The molecule has 0 aliphatic heterocycles. The van der Waals surface area contributed by atoms with Crippen LogP contribution in [-0.4, -0.2) is 23.4 Å². The van der Waals surface area contributed by atoms with Gasteiger partial charge in [0, 0.05) is 18.7 Å². The fraction of sp³-hybridized carbons (Fsp3) is 0.667. The molecule has 0 saturated heterocycles. The molecule has 0 bridgehead atoms. The molecule has 0 aliphatic carbocycles. The zero-order valence-corrected chi connectivity index (χ0v) is 8.13. The van der Waals surface area contributed by atoms with Gasteiger partial charge >= 0.3 is 0 Å². The van der Waals surface area contributed by atoms with E-state index >= 15 is 0 Å². The van der Waals surface area contributed by atoms with E-state index in [-0.39, 0.29) is 6.61 Å². The standard InChI is InChI=1S/C9H16N2O2/c1-7-9(8(2)13-11-7)6-10-4-3-5-12/h10,12H,3-6H2,1-2H3. The van der Waals surface area contributed by atoms with Gasteiger partial charge in [-0.05, 0) is 26.8 Å². The highest BCUT2D eigenvalue weighted by atomic mass is 16.5. The first kappa shape index (κ1) is 10.2. The summed E-state index contributed by atoms with van der Waals surface area (Å²) >= 11 is 0. The van der Waals surface area contributed by atoms with E-state index in [0.717, 1.165) is 36.5 Å². The number of nitrogens with one attached hydrogen (secondary N) is 1. The predicted molar refractivity (Wildman–Crippen MR) is 49.4 cm³/mol. The monoisotopic (exact) mass is 184 g/mol. The van der Waals surface area contributed by atoms with Crippen LogP contribution >= 0.6 is 0 Å². The number of rotatable bonds is 5. The van der Waals surface area contributed by atoms with Crippen molar-refractivity contribution in [3.63, 3.8) is 0 Å². The lowest BCUT2D eigenvalue weighted by Crippen LogP contribution is -2.16. The fourth-order valence-corrected chi connectivity index (χ4v) is 1.17. The minimum absolute atomic E-state index is 0.231. The minimum atomic E-state index is 0.231. The van der Waals surface area contributed by atoms with Crippen molar-refractivity contribution in [2.24, 2.45) is 0 Å². The van der Waals surface area contributed by atoms with Crippen molar-refractivity contribution < 1.29 is 9.63 Å². The van der Waals surface area contributed by atoms with Gasteiger partial charge in [0.15, 0.2) is 0 Å². The van der Waals surface area contributed by atoms with Crippen LogP contribution in [0.4, 0.5) is 0 Å². The highest BCUT2D eigenvalue weighted by Crippen LogP contribution is 2.11. The first-order valence-electron chi connectivity index (χ1n) is 4.49. The van der Waals surface area contributed by atoms with Gasteiger partial charge in [-0.3, -0.25) is 0 Å². The lowest BCUT2D eigenvalue weighted by Gasteiger charge is -2.01. The van der Waals surface area contributed by atoms with E-state index < -0.39 is 0 Å². The molecule has 0 saturated carbocycles. The SMILES string of the molecule is Cc1noc(C)c1CNCCCO. The number of aryl methyl sites for hydroxylation is 2. The number of hydrogen-bond acceptors (Lipinski definition) is 4. The van der Waals surface area contributed by atoms with Gasteiger partial charge in [0.25, 0.3) is 0 Å². The molecule has 0 fully saturated rings. The molecule has 0 amide bonds. The van der Waals surface area contributed by atoms with Gasteiger partial charge in [0.2, 0.25) is 0 Å². The Labute approximate surface area is 77.9 Å². The lowest BCUT2D eigenvalue weighted by atomic mass is 10.2. The molecule has 4 nitrogen and oxygen atoms in total. The predicted octanol–water partition coefficient (Wildman–Crippen LogP) is 0.763. The quantitative estimate of drug-likeness (QED) is 0.663. The summed E-state index contributed by atoms with van der Waals surface area (Å²) in [7, 11) is 0. The van der Waals surface area contributed by atoms with E-state index in [2.05, 4.69) is 10.5 Å². The van der Waals surface area contributed by atoms with Crippen molar-refractivity contribution in [3.05, 3.63) is 17.0 Å². The molecule has 0 radical (unpaired) electrons. The minimum Gasteiger partial charge on any atom is -0.396 e. The van der Waals surface area contributed by atoms with Gasteiger partial charge in [-0.2, -0.15) is 0 Å². The van der Waals surface area contributed by atoms with Gasteiger partial charge in [0.1, 0.15) is 5.76 Å². The number of hydrogen-bond donors (Lipinski definition) is 2. The third-order valence-corrected chi connectivity index (χ3v) is 1.99. The van der Waals surface area contributed by atoms with Crippen molar-refractivity contribution in [2.45, 2.75) is 26.8 Å². The Morgan fingerprint density at radius 3 is 2.77 bits per heavy atom. The average Bonchev–Trinajstić information content (AvgIpc) is 2.42. The fourth-order valence-electron chi connectivity index (χ4n) is 1.17. The van der Waals surface area contributed by atoms with Gasteiger partial charge in [0.05, 0.1) is 5.69 Å². The number of aliphatic hydroxyl groups is 1. The third kappa shape index (κ3) is 2.82. The Kier molecular flexibility index (Phi) is 3.92. The van der Waals surface area contributed by atoms with E-state index in [4.69, 9.17) is 9.63 Å². The van der Waals surface area contributed by atoms with Crippen LogP contribution < -0.4 is 5.32 Å². The molecule has 4 heteroatoms. The third-order valence-electron chi connectivity index (χ3n) is 1.99. The van der Waals surface area contributed by atoms with E-state index in [1.54, 1.807) is 0 Å². The molecular weight excluding hydrogens is 168 g/mol. The van der Waals surface area contributed by atoms with E-state index in [9.17, 15) is 0 Å². The number of aliphatic hydroxyl groups excluding tert-OH is 1. The molecule has 0 aliphatic rings. The first-order valence-corrected chi connectivity index (χ1v) is 4.49. The van der Waals surface area contributed by atoms with Crippen molar-refractivity contribution >= 4 is 0 Å². The summed E-state index contributed by atoms with van der Waals surface area (Å²) in [6.45, 7) is 5.65. The van der Waals surface area contributed by atoms with Gasteiger partial charge in [-0.1, -0.05) is 5.16 Å². The van der Waals surface area contributed by atoms with Crippen molar-refractivity contribution in [2.75, 3.05) is 13.2 Å². The summed E-state index contributed by atoms with van der Waals surface area (Å²) in [5.41, 5.74) is 2.06. The molecule has 0 spiro atoms. The molecule has 1 rings (SSSR count). The molecule has 2 N–H and O–H groups in total. The van der Waals surface area contributed by atoms with Crippen LogP contribution in [0.1, 0.15) is 23.4 Å². The number of nitrogens with zero attached hydrogens (tertiary/aromatic N) is 1. The summed E-state index contributed by atoms with van der Waals surface area (Å²) in [6.07, 6.45) is 0.781. The molecule has 74 valence electrons. The molecule has 0 aromatic carbocycles. The van der Waals surface area contributed by atoms with Crippen LogP contribution in [0.5, 0.6) is 0 Å². The second kappa shape index (κ2) is 4.99. The zero-order chi connectivity index (χ0) is 9.68. The highest BCUT2D eigenvalue weighted by Gasteiger charge is 2.06. The molecule has 1 aromatic heterocycles. The normalized spacial score (nSPS) is 10.7. The van der Waals surface area contributed by atoms with Crippen LogP contribution in [0.2, 0.25) is 0 Å². The summed E-state index contributed by atoms with van der Waals surface area (Å²) in [6, 6.07) is 0. The average molecular weight is 184 g/mol. The van der Waals surface area contributed by atoms with Crippen molar-refractivity contribution in [3.8, 4) is 0 Å². The maximum absolute atomic E-state index is 8.56. The highest BCUT2D eigenvalue weighted by molar-refractivity contribution is 5.20. The number of aromatic nitrogens is 1. The molecule has 0 atom stereocenters. The Bertz CT molecular complexity index is 239. The Hall–Kier alpha value is -0.870. The Morgan fingerprint density at radius 1 is 1.46 bits per heavy atom. The summed E-state index contributed by atoms with van der Waals surface area (Å²) in [5, 5.41) is 15.6. The Balaban J connectivity index is 2.36. The molecule has 1 heterocycles. The van der Waals surface area contributed by atoms with Crippen LogP contribution in [0.25, 0.3) is 0 Å². The summed E-state index contributed by atoms with van der Waals surface area (Å²) in [4.78, 5) is 0. The smallest absolute Gasteiger partial charge is 0.138 e. The summed E-state index contributed by atoms with van der Waals surface area (Å²) < 4.78 is 5.01. The molecular formula is C9H16N2O2. The van der Waals surface area contributed by atoms with Crippen molar-refractivity contribution in [1.82, 2.24) is 10.5 Å². The maximum atomic E-state index is 8.56. The topological polar surface area (TPSA) is 58.3 Å². The van der Waals surface area contributed by atoms with Crippen LogP contribution in [0, 0.1) is 13.8 Å². The van der Waals surface area contributed by atoms with Crippen LogP contribution in [-0.2, 0) is 6.54 Å².